The van der Waals surface area contributed by atoms with Gasteiger partial charge in [-0.3, -0.25) is 14.5 Å². The molecule has 0 radical (unpaired) electrons. The molecule has 4 rings (SSSR count). The second-order valence-electron chi connectivity index (χ2n) is 9.27. The molecule has 3 aliphatic rings. The summed E-state index contributed by atoms with van der Waals surface area (Å²) in [5.41, 5.74) is 0.756. The van der Waals surface area contributed by atoms with Crippen LogP contribution in [-0.4, -0.2) is 79.2 Å². The van der Waals surface area contributed by atoms with E-state index < -0.39 is 6.10 Å². The number of anilines is 1. The minimum absolute atomic E-state index is 0.0841. The molecule has 3 heterocycles. The Morgan fingerprint density at radius 3 is 2.45 bits per heavy atom. The zero-order valence-electron chi connectivity index (χ0n) is 19.0. The van der Waals surface area contributed by atoms with Crippen LogP contribution in [0.2, 0.25) is 0 Å². The van der Waals surface area contributed by atoms with E-state index in [9.17, 15) is 9.59 Å². The number of carbonyl (C=O) groups excluding carboxylic acids is 2. The largest absolute Gasteiger partial charge is 0.479 e. The number of para-hydroxylation sites is 2. The van der Waals surface area contributed by atoms with E-state index in [1.165, 1.54) is 0 Å². The van der Waals surface area contributed by atoms with Crippen molar-refractivity contribution in [3.05, 3.63) is 24.3 Å². The van der Waals surface area contributed by atoms with Crippen molar-refractivity contribution >= 4 is 17.5 Å². The quantitative estimate of drug-likeness (QED) is 0.720. The Kier molecular flexibility index (Phi) is 6.82. The van der Waals surface area contributed by atoms with Gasteiger partial charge in [0.2, 0.25) is 5.91 Å². The van der Waals surface area contributed by atoms with Gasteiger partial charge in [0.25, 0.3) is 5.91 Å². The van der Waals surface area contributed by atoms with Gasteiger partial charge >= 0.3 is 0 Å². The molecule has 2 fully saturated rings. The fourth-order valence-corrected chi connectivity index (χ4v) is 5.12. The molecule has 1 aromatic rings. The van der Waals surface area contributed by atoms with Crippen LogP contribution in [0.15, 0.2) is 24.3 Å². The number of nitrogens with zero attached hydrogens (tertiary/aromatic N) is 3. The number of rotatable bonds is 5. The third-order valence-electron chi connectivity index (χ3n) is 6.60. The first kappa shape index (κ1) is 22.1. The van der Waals surface area contributed by atoms with E-state index in [-0.39, 0.29) is 11.8 Å². The van der Waals surface area contributed by atoms with E-state index in [1.807, 2.05) is 29.2 Å². The third-order valence-corrected chi connectivity index (χ3v) is 6.60. The lowest BCUT2D eigenvalue weighted by molar-refractivity contribution is -0.132. The van der Waals surface area contributed by atoms with Crippen molar-refractivity contribution in [2.75, 3.05) is 44.2 Å². The van der Waals surface area contributed by atoms with Crippen molar-refractivity contribution < 1.29 is 19.1 Å². The molecule has 170 valence electrons. The molecule has 31 heavy (non-hydrogen) atoms. The van der Waals surface area contributed by atoms with Crippen molar-refractivity contribution in [3.8, 4) is 5.75 Å². The summed E-state index contributed by atoms with van der Waals surface area (Å²) in [5, 5.41) is 0. The van der Waals surface area contributed by atoms with Crippen LogP contribution in [0.1, 0.15) is 40.0 Å². The number of benzene rings is 1. The van der Waals surface area contributed by atoms with E-state index in [1.54, 1.807) is 11.8 Å². The zero-order valence-corrected chi connectivity index (χ0v) is 19.0. The third kappa shape index (κ3) is 5.21. The Bertz CT molecular complexity index is 783. The SMILES string of the molecule is CC1CN(CC2CCN(C(=O)CCN3C(=O)C(C)Oc4ccccc43)CC2)CC(C)O1. The lowest BCUT2D eigenvalue weighted by Crippen LogP contribution is -2.49. The molecule has 7 nitrogen and oxygen atoms in total. The van der Waals surface area contributed by atoms with Gasteiger partial charge in [0, 0.05) is 45.7 Å². The van der Waals surface area contributed by atoms with E-state index in [0.717, 1.165) is 51.3 Å². The molecule has 2 saturated heterocycles. The first-order valence-electron chi connectivity index (χ1n) is 11.6. The average Bonchev–Trinajstić information content (AvgIpc) is 2.74. The number of likely N-dealkylation sites (tertiary alicyclic amines) is 1. The monoisotopic (exact) mass is 429 g/mol. The number of hydrogen-bond donors (Lipinski definition) is 0. The number of ether oxygens (including phenoxy) is 2. The maximum absolute atomic E-state index is 12.9. The summed E-state index contributed by atoms with van der Waals surface area (Å²) in [6.07, 6.45) is 2.49. The van der Waals surface area contributed by atoms with Gasteiger partial charge < -0.3 is 19.3 Å². The molecule has 0 saturated carbocycles. The Labute approximate surface area is 185 Å². The normalized spacial score (nSPS) is 27.7. The summed E-state index contributed by atoms with van der Waals surface area (Å²) in [6, 6.07) is 7.53. The summed E-state index contributed by atoms with van der Waals surface area (Å²) in [6.45, 7) is 11.1. The van der Waals surface area contributed by atoms with Crippen LogP contribution in [0.25, 0.3) is 0 Å². The van der Waals surface area contributed by atoms with Crippen LogP contribution in [0.5, 0.6) is 5.75 Å². The molecule has 0 spiro atoms. The minimum atomic E-state index is -0.522. The molecular weight excluding hydrogens is 394 g/mol. The molecule has 3 aliphatic heterocycles. The Balaban J connectivity index is 1.26. The first-order chi connectivity index (χ1) is 14.9. The minimum Gasteiger partial charge on any atom is -0.479 e. The Morgan fingerprint density at radius 2 is 1.74 bits per heavy atom. The molecule has 0 N–H and O–H groups in total. The zero-order chi connectivity index (χ0) is 22.0. The maximum Gasteiger partial charge on any atom is 0.267 e. The lowest BCUT2D eigenvalue weighted by Gasteiger charge is -2.39. The molecule has 3 unspecified atom stereocenters. The highest BCUT2D eigenvalue weighted by Gasteiger charge is 2.32. The van der Waals surface area contributed by atoms with Crippen LogP contribution in [0, 0.1) is 5.92 Å². The Hall–Kier alpha value is -2.12. The molecule has 0 bridgehead atoms. The van der Waals surface area contributed by atoms with Crippen molar-refractivity contribution in [2.24, 2.45) is 5.92 Å². The fourth-order valence-electron chi connectivity index (χ4n) is 5.12. The summed E-state index contributed by atoms with van der Waals surface area (Å²) in [4.78, 5) is 31.7. The van der Waals surface area contributed by atoms with Gasteiger partial charge in [-0.05, 0) is 51.7 Å². The van der Waals surface area contributed by atoms with Gasteiger partial charge in [-0.25, -0.2) is 0 Å². The van der Waals surface area contributed by atoms with Crippen molar-refractivity contribution in [2.45, 2.75) is 58.3 Å². The highest BCUT2D eigenvalue weighted by Crippen LogP contribution is 2.33. The summed E-state index contributed by atoms with van der Waals surface area (Å²) in [5.74, 6) is 1.39. The molecule has 3 atom stereocenters. The molecule has 7 heteroatoms. The average molecular weight is 430 g/mol. The number of morpholine rings is 1. The molecule has 0 aromatic heterocycles. The number of piperidine rings is 1. The lowest BCUT2D eigenvalue weighted by atomic mass is 9.95. The van der Waals surface area contributed by atoms with E-state index in [2.05, 4.69) is 18.7 Å². The van der Waals surface area contributed by atoms with Crippen molar-refractivity contribution in [1.29, 1.82) is 0 Å². The second kappa shape index (κ2) is 9.57. The summed E-state index contributed by atoms with van der Waals surface area (Å²) in [7, 11) is 0. The van der Waals surface area contributed by atoms with E-state index >= 15 is 0 Å². The van der Waals surface area contributed by atoms with E-state index in [0.29, 0.717) is 36.8 Å². The predicted octanol–water partition coefficient (Wildman–Crippen LogP) is 2.54. The predicted molar refractivity (Wildman–Crippen MR) is 119 cm³/mol. The fraction of sp³-hybridized carbons (Fsp3) is 0.667. The number of carbonyl (C=O) groups is 2. The molecule has 1 aromatic carbocycles. The van der Waals surface area contributed by atoms with Crippen LogP contribution < -0.4 is 9.64 Å². The van der Waals surface area contributed by atoms with Gasteiger partial charge in [-0.1, -0.05) is 12.1 Å². The van der Waals surface area contributed by atoms with E-state index in [4.69, 9.17) is 9.47 Å². The van der Waals surface area contributed by atoms with Crippen molar-refractivity contribution in [1.82, 2.24) is 9.80 Å². The van der Waals surface area contributed by atoms with Crippen LogP contribution in [0.3, 0.4) is 0 Å². The van der Waals surface area contributed by atoms with Crippen LogP contribution >= 0.6 is 0 Å². The Morgan fingerprint density at radius 1 is 1.06 bits per heavy atom. The first-order valence-corrected chi connectivity index (χ1v) is 11.6. The highest BCUT2D eigenvalue weighted by atomic mass is 16.5. The standard InChI is InChI=1S/C24H35N3O4/c1-17-14-25(15-18(2)30-17)16-20-8-11-26(12-9-20)23(28)10-13-27-21-6-4-5-7-22(21)31-19(3)24(27)29/h4-7,17-20H,8-16H2,1-3H3. The summed E-state index contributed by atoms with van der Waals surface area (Å²) < 4.78 is 11.5. The highest BCUT2D eigenvalue weighted by molar-refractivity contribution is 6.00. The van der Waals surface area contributed by atoms with Gasteiger partial charge in [-0.15, -0.1) is 0 Å². The van der Waals surface area contributed by atoms with Gasteiger partial charge in [0.15, 0.2) is 6.10 Å². The second-order valence-corrected chi connectivity index (χ2v) is 9.27. The molecular formula is C24H35N3O4. The van der Waals surface area contributed by atoms with Crippen molar-refractivity contribution in [3.63, 3.8) is 0 Å². The van der Waals surface area contributed by atoms with Gasteiger partial charge in [0.05, 0.1) is 17.9 Å². The van der Waals surface area contributed by atoms with Gasteiger partial charge in [0.1, 0.15) is 5.75 Å². The van der Waals surface area contributed by atoms with Crippen LogP contribution in [0.4, 0.5) is 5.69 Å². The topological polar surface area (TPSA) is 62.3 Å². The molecule has 0 aliphatic carbocycles. The number of amides is 2. The molecule has 2 amide bonds. The van der Waals surface area contributed by atoms with Gasteiger partial charge in [-0.2, -0.15) is 0 Å². The number of fused-ring (bicyclic) bond motifs is 1. The number of hydrogen-bond acceptors (Lipinski definition) is 5. The smallest absolute Gasteiger partial charge is 0.267 e. The maximum atomic E-state index is 12.9. The summed E-state index contributed by atoms with van der Waals surface area (Å²) >= 11 is 0. The van der Waals surface area contributed by atoms with Crippen LogP contribution in [-0.2, 0) is 14.3 Å².